The van der Waals surface area contributed by atoms with Crippen LogP contribution in [0.15, 0.2) is 121 Å². The van der Waals surface area contributed by atoms with Gasteiger partial charge in [0.05, 0.1) is 0 Å². The van der Waals surface area contributed by atoms with Gasteiger partial charge in [0.25, 0.3) is 0 Å². The summed E-state index contributed by atoms with van der Waals surface area (Å²) in [6.45, 7) is -4.35. The van der Waals surface area contributed by atoms with Gasteiger partial charge in [0, 0.05) is 0 Å². The molecule has 0 N–H and O–H groups in total. The van der Waals surface area contributed by atoms with E-state index in [0.717, 1.165) is 5.67 Å². The van der Waals surface area contributed by atoms with Crippen LogP contribution < -0.4 is 20.7 Å². The lowest BCUT2D eigenvalue weighted by molar-refractivity contribution is 1.66. The highest BCUT2D eigenvalue weighted by molar-refractivity contribution is 9.28. The fraction of sp³-hybridized carbons (Fsp3) is 0.0400. The highest BCUT2D eigenvalue weighted by Gasteiger charge is 2.46. The Balaban J connectivity index is 1.91. The van der Waals surface area contributed by atoms with Crippen LogP contribution in [-0.4, -0.2) is 13.4 Å². The SMILES string of the molecule is Br[Si](C[Si](Br)(c1ccccc1)c1ccccc1)(c1ccccc1)c1ccccc1. The second-order valence-electron chi connectivity index (χ2n) is 7.24. The highest BCUT2D eigenvalue weighted by atomic mass is 79.9. The molecule has 0 saturated carbocycles. The molecule has 0 aliphatic heterocycles. The molecule has 0 aromatic heterocycles. The van der Waals surface area contributed by atoms with E-state index >= 15 is 0 Å². The van der Waals surface area contributed by atoms with Gasteiger partial charge in [-0.1, -0.05) is 121 Å². The van der Waals surface area contributed by atoms with Gasteiger partial charge in [-0.25, -0.2) is 0 Å². The first-order chi connectivity index (χ1) is 14.1. The second-order valence-corrected chi connectivity index (χ2v) is 22.3. The lowest BCUT2D eigenvalue weighted by Crippen LogP contribution is -2.64. The van der Waals surface area contributed by atoms with Crippen molar-refractivity contribution in [1.82, 2.24) is 0 Å². The van der Waals surface area contributed by atoms with Crippen molar-refractivity contribution >= 4 is 64.7 Å². The summed E-state index contributed by atoms with van der Waals surface area (Å²) in [5, 5.41) is 5.65. The van der Waals surface area contributed by atoms with Crippen LogP contribution >= 0.6 is 30.6 Å². The molecule has 0 atom stereocenters. The van der Waals surface area contributed by atoms with E-state index in [9.17, 15) is 0 Å². The van der Waals surface area contributed by atoms with E-state index in [-0.39, 0.29) is 0 Å². The molecule has 4 rings (SSSR count). The highest BCUT2D eigenvalue weighted by Crippen LogP contribution is 2.29. The number of hydrogen-bond acceptors (Lipinski definition) is 0. The molecule has 144 valence electrons. The standard InChI is InChI=1S/C25H22Br2Si2/c26-28(22-13-5-1-6-14-22,23-15-7-2-8-16-23)21-29(27,24-17-9-3-10-18-24)25-19-11-4-12-20-25/h1-20H,21H2. The third kappa shape index (κ3) is 4.26. The minimum Gasteiger partial charge on any atom is -0.114 e. The van der Waals surface area contributed by atoms with Crippen LogP contribution in [0.3, 0.4) is 0 Å². The Morgan fingerprint density at radius 1 is 0.379 bits per heavy atom. The second kappa shape index (κ2) is 8.96. The maximum Gasteiger partial charge on any atom is 0.189 e. The van der Waals surface area contributed by atoms with E-state index in [4.69, 9.17) is 0 Å². The monoisotopic (exact) mass is 536 g/mol. The van der Waals surface area contributed by atoms with Gasteiger partial charge < -0.3 is 0 Å². The summed E-state index contributed by atoms with van der Waals surface area (Å²) in [7, 11) is 0. The molecule has 0 aliphatic rings. The van der Waals surface area contributed by atoms with Gasteiger partial charge in [0.2, 0.25) is 0 Å². The van der Waals surface area contributed by atoms with Crippen LogP contribution in [0.5, 0.6) is 0 Å². The Morgan fingerprint density at radius 2 is 0.586 bits per heavy atom. The van der Waals surface area contributed by atoms with Crippen molar-refractivity contribution in [3.8, 4) is 0 Å². The van der Waals surface area contributed by atoms with Crippen LogP contribution in [0.1, 0.15) is 0 Å². The molecule has 0 saturated heterocycles. The zero-order valence-corrected chi connectivity index (χ0v) is 21.2. The summed E-state index contributed by atoms with van der Waals surface area (Å²) in [5.41, 5.74) is 1.09. The summed E-state index contributed by atoms with van der Waals surface area (Å²) < 4.78 is 0. The molecule has 29 heavy (non-hydrogen) atoms. The van der Waals surface area contributed by atoms with Crippen LogP contribution in [0.4, 0.5) is 0 Å². The molecular weight excluding hydrogens is 516 g/mol. The van der Waals surface area contributed by atoms with Crippen LogP contribution in [-0.2, 0) is 0 Å². The number of benzene rings is 4. The van der Waals surface area contributed by atoms with Crippen molar-refractivity contribution in [2.24, 2.45) is 0 Å². The van der Waals surface area contributed by atoms with Gasteiger partial charge in [-0.2, -0.15) is 0 Å². The third-order valence-corrected chi connectivity index (χ3v) is 24.8. The Kier molecular flexibility index (Phi) is 6.35. The van der Waals surface area contributed by atoms with Gasteiger partial charge in [-0.15, -0.1) is 30.6 Å². The molecule has 4 aromatic rings. The molecule has 0 bridgehead atoms. The topological polar surface area (TPSA) is 0 Å². The first-order valence-electron chi connectivity index (χ1n) is 9.73. The minimum atomic E-state index is -2.18. The van der Waals surface area contributed by atoms with Gasteiger partial charge in [-0.05, 0) is 26.4 Å². The molecule has 0 aliphatic carbocycles. The molecule has 0 spiro atoms. The van der Waals surface area contributed by atoms with Crippen molar-refractivity contribution in [2.75, 3.05) is 0 Å². The third-order valence-electron chi connectivity index (χ3n) is 5.41. The van der Waals surface area contributed by atoms with E-state index in [2.05, 4.69) is 152 Å². The number of rotatable bonds is 6. The summed E-state index contributed by atoms with van der Waals surface area (Å²) in [5.74, 6) is 0. The Labute approximate surface area is 190 Å². The normalized spacial score (nSPS) is 11.9. The van der Waals surface area contributed by atoms with E-state index in [1.165, 1.54) is 20.7 Å². The van der Waals surface area contributed by atoms with E-state index in [1.807, 2.05) is 0 Å². The molecular formula is C25H22Br2Si2. The van der Waals surface area contributed by atoms with E-state index in [1.54, 1.807) is 0 Å². The summed E-state index contributed by atoms with van der Waals surface area (Å²) in [6.07, 6.45) is 0. The Hall–Kier alpha value is -1.73. The van der Waals surface area contributed by atoms with Crippen LogP contribution in [0, 0.1) is 0 Å². The average Bonchev–Trinajstić information content (AvgIpc) is 2.81. The van der Waals surface area contributed by atoms with Crippen molar-refractivity contribution in [3.63, 3.8) is 0 Å². The number of hydrogen-bond donors (Lipinski definition) is 0. The van der Waals surface area contributed by atoms with E-state index < -0.39 is 13.4 Å². The molecule has 0 unspecified atom stereocenters. The fourth-order valence-electron chi connectivity index (χ4n) is 3.89. The van der Waals surface area contributed by atoms with E-state index in [0.29, 0.717) is 0 Å². The van der Waals surface area contributed by atoms with Gasteiger partial charge in [0.15, 0.2) is 13.4 Å². The summed E-state index contributed by atoms with van der Waals surface area (Å²) >= 11 is 8.75. The quantitative estimate of drug-likeness (QED) is 0.244. The first kappa shape index (κ1) is 20.5. The minimum absolute atomic E-state index is 1.09. The number of halogens is 2. The maximum absolute atomic E-state index is 4.38. The predicted molar refractivity (Wildman–Crippen MR) is 138 cm³/mol. The van der Waals surface area contributed by atoms with Crippen molar-refractivity contribution in [1.29, 1.82) is 0 Å². The molecule has 0 amide bonds. The van der Waals surface area contributed by atoms with Crippen molar-refractivity contribution < 1.29 is 0 Å². The molecule has 0 nitrogen and oxygen atoms in total. The summed E-state index contributed by atoms with van der Waals surface area (Å²) in [4.78, 5) is 0. The molecule has 0 radical (unpaired) electrons. The first-order valence-corrected chi connectivity index (χ1v) is 18.7. The molecule has 4 heteroatoms. The average molecular weight is 538 g/mol. The van der Waals surface area contributed by atoms with Gasteiger partial charge >= 0.3 is 0 Å². The predicted octanol–water partition coefficient (Wildman–Crippen LogP) is 4.84. The molecule has 0 fully saturated rings. The maximum atomic E-state index is 4.38. The Bertz CT molecular complexity index is 873. The fourth-order valence-corrected chi connectivity index (χ4v) is 27.5. The smallest absolute Gasteiger partial charge is 0.114 e. The summed E-state index contributed by atoms with van der Waals surface area (Å²) in [6, 6.07) is 43.9. The Morgan fingerprint density at radius 3 is 0.793 bits per heavy atom. The zero-order valence-electron chi connectivity index (χ0n) is 16.0. The molecule has 0 heterocycles. The van der Waals surface area contributed by atoms with Crippen molar-refractivity contribution in [2.45, 2.75) is 5.67 Å². The van der Waals surface area contributed by atoms with Crippen molar-refractivity contribution in [3.05, 3.63) is 121 Å². The zero-order chi connectivity index (χ0) is 20.2. The van der Waals surface area contributed by atoms with Crippen LogP contribution in [0.25, 0.3) is 0 Å². The lowest BCUT2D eigenvalue weighted by Gasteiger charge is -2.35. The van der Waals surface area contributed by atoms with Crippen LogP contribution in [0.2, 0.25) is 5.67 Å². The molecule has 4 aromatic carbocycles. The lowest BCUT2D eigenvalue weighted by atomic mass is 10.4. The van der Waals surface area contributed by atoms with Gasteiger partial charge in [-0.3, -0.25) is 0 Å². The largest absolute Gasteiger partial charge is 0.189 e. The van der Waals surface area contributed by atoms with Gasteiger partial charge in [0.1, 0.15) is 0 Å².